The van der Waals surface area contributed by atoms with E-state index in [1.807, 2.05) is 0 Å². The van der Waals surface area contributed by atoms with Crippen LogP contribution in [0.1, 0.15) is 0 Å². The Morgan fingerprint density at radius 2 is 0.818 bits per heavy atom. The van der Waals surface area contributed by atoms with E-state index in [4.69, 9.17) is 4.98 Å². The molecule has 0 saturated carbocycles. The molecule has 9 aromatic carbocycles. The van der Waals surface area contributed by atoms with Crippen LogP contribution in [0.25, 0.3) is 105 Å². The number of nitrogens with zero attached hydrogens (tertiary/aromatic N) is 4. The minimum atomic E-state index is 0.892. The molecule has 0 bridgehead atoms. The van der Waals surface area contributed by atoms with Crippen LogP contribution < -0.4 is 0 Å². The molecule has 12 aromatic rings. The zero-order valence-corrected chi connectivity index (χ0v) is 29.8. The molecule has 3 heterocycles. The van der Waals surface area contributed by atoms with Crippen LogP contribution in [0, 0.1) is 0 Å². The number of para-hydroxylation sites is 4. The molecular formula is C51H32N4. The summed E-state index contributed by atoms with van der Waals surface area (Å²) in [5, 5.41) is 8.87. The van der Waals surface area contributed by atoms with Gasteiger partial charge >= 0.3 is 0 Å². The molecule has 0 N–H and O–H groups in total. The minimum absolute atomic E-state index is 0.892. The monoisotopic (exact) mass is 700 g/mol. The molecule has 55 heavy (non-hydrogen) atoms. The van der Waals surface area contributed by atoms with Crippen molar-refractivity contribution in [2.75, 3.05) is 0 Å². The Kier molecular flexibility index (Phi) is 6.31. The Morgan fingerprint density at radius 3 is 1.53 bits per heavy atom. The van der Waals surface area contributed by atoms with E-state index in [9.17, 15) is 0 Å². The van der Waals surface area contributed by atoms with Crippen molar-refractivity contribution in [3.8, 4) is 33.6 Å². The molecule has 0 aliphatic heterocycles. The molecule has 12 rings (SSSR count). The van der Waals surface area contributed by atoms with Gasteiger partial charge in [0, 0.05) is 16.8 Å². The first-order valence-electron chi connectivity index (χ1n) is 18.8. The number of rotatable bonds is 4. The van der Waals surface area contributed by atoms with E-state index in [1.165, 1.54) is 49.0 Å². The minimum Gasteiger partial charge on any atom is -0.294 e. The molecular weight excluding hydrogens is 669 g/mol. The SMILES string of the molecule is c1ccc(-n2c3ccccc3c3nc4n(-c5cccc(-c6cccc(-c7ccc8c9ccccc9c9ccccc9c8c7)c6)c5)c5ccccc5n4c32)cc1. The van der Waals surface area contributed by atoms with Gasteiger partial charge in [0.05, 0.1) is 16.6 Å². The van der Waals surface area contributed by atoms with E-state index in [2.05, 4.69) is 208 Å². The van der Waals surface area contributed by atoms with Crippen molar-refractivity contribution in [2.45, 2.75) is 0 Å². The lowest BCUT2D eigenvalue weighted by Crippen LogP contribution is -1.97. The van der Waals surface area contributed by atoms with Gasteiger partial charge in [-0.2, -0.15) is 0 Å². The van der Waals surface area contributed by atoms with Crippen molar-refractivity contribution in [3.05, 3.63) is 194 Å². The quantitative estimate of drug-likeness (QED) is 0.168. The Morgan fingerprint density at radius 1 is 0.309 bits per heavy atom. The number of benzene rings is 9. The van der Waals surface area contributed by atoms with Crippen molar-refractivity contribution in [1.82, 2.24) is 18.5 Å². The van der Waals surface area contributed by atoms with Gasteiger partial charge < -0.3 is 0 Å². The van der Waals surface area contributed by atoms with Crippen molar-refractivity contribution >= 4 is 71.2 Å². The molecule has 0 amide bonds. The second-order valence-corrected chi connectivity index (χ2v) is 14.4. The number of imidazole rings is 2. The molecule has 0 fully saturated rings. The highest BCUT2D eigenvalue weighted by atomic mass is 15.3. The summed E-state index contributed by atoms with van der Waals surface area (Å²) in [6, 6.07) is 70.1. The van der Waals surface area contributed by atoms with E-state index >= 15 is 0 Å². The van der Waals surface area contributed by atoms with Gasteiger partial charge in [0.15, 0.2) is 5.65 Å². The second-order valence-electron chi connectivity index (χ2n) is 14.4. The Balaban J connectivity index is 1.03. The zero-order valence-electron chi connectivity index (χ0n) is 29.8. The third kappa shape index (κ3) is 4.37. The van der Waals surface area contributed by atoms with Gasteiger partial charge in [-0.1, -0.05) is 140 Å². The van der Waals surface area contributed by atoms with Crippen LogP contribution in [0.5, 0.6) is 0 Å². The average Bonchev–Trinajstić information content (AvgIpc) is 3.90. The zero-order chi connectivity index (χ0) is 36.0. The Bertz CT molecular complexity index is 3450. The molecule has 0 aliphatic rings. The van der Waals surface area contributed by atoms with Crippen LogP contribution in [0.4, 0.5) is 0 Å². The van der Waals surface area contributed by atoms with Gasteiger partial charge in [-0.3, -0.25) is 13.5 Å². The fraction of sp³-hybridized carbons (Fsp3) is 0. The molecule has 0 spiro atoms. The van der Waals surface area contributed by atoms with E-state index in [1.54, 1.807) is 0 Å². The molecule has 3 aromatic heterocycles. The van der Waals surface area contributed by atoms with Crippen LogP contribution in [0.2, 0.25) is 0 Å². The maximum absolute atomic E-state index is 5.43. The predicted molar refractivity (Wildman–Crippen MR) is 230 cm³/mol. The van der Waals surface area contributed by atoms with E-state index in [-0.39, 0.29) is 0 Å². The highest BCUT2D eigenvalue weighted by Crippen LogP contribution is 2.39. The topological polar surface area (TPSA) is 27.2 Å². The molecule has 0 atom stereocenters. The smallest absolute Gasteiger partial charge is 0.221 e. The van der Waals surface area contributed by atoms with Crippen molar-refractivity contribution in [3.63, 3.8) is 0 Å². The van der Waals surface area contributed by atoms with Crippen molar-refractivity contribution in [2.24, 2.45) is 0 Å². The van der Waals surface area contributed by atoms with Gasteiger partial charge in [0.25, 0.3) is 0 Å². The predicted octanol–water partition coefficient (Wildman–Crippen LogP) is 13.2. The standard InChI is InChI=1S/C51H32N4/c1-2-17-37(18-3-1)53-46-25-9-8-24-44(46)49-50(53)55-48-27-11-10-26-47(48)54(51(55)52-49)38-19-13-16-35(31-38)33-14-12-15-34(30-33)36-28-29-43-41-22-5-4-20-39(41)40-21-6-7-23-42(40)45(43)32-36/h1-32H. The van der Waals surface area contributed by atoms with Crippen LogP contribution >= 0.6 is 0 Å². The third-order valence-electron chi connectivity index (χ3n) is 11.4. The van der Waals surface area contributed by atoms with Crippen LogP contribution in [0.3, 0.4) is 0 Å². The van der Waals surface area contributed by atoms with Crippen LogP contribution in [-0.4, -0.2) is 18.5 Å². The maximum Gasteiger partial charge on any atom is 0.221 e. The van der Waals surface area contributed by atoms with Gasteiger partial charge in [0.2, 0.25) is 5.78 Å². The van der Waals surface area contributed by atoms with Crippen LogP contribution in [0.15, 0.2) is 194 Å². The lowest BCUT2D eigenvalue weighted by Gasteiger charge is -2.13. The van der Waals surface area contributed by atoms with Gasteiger partial charge in [-0.25, -0.2) is 4.98 Å². The summed E-state index contributed by atoms with van der Waals surface area (Å²) in [5.41, 5.74) is 12.3. The number of aromatic nitrogens is 4. The molecule has 0 aliphatic carbocycles. The Hall–Kier alpha value is -7.43. The highest BCUT2D eigenvalue weighted by molar-refractivity contribution is 6.25. The van der Waals surface area contributed by atoms with Crippen molar-refractivity contribution in [1.29, 1.82) is 0 Å². The molecule has 0 saturated heterocycles. The lowest BCUT2D eigenvalue weighted by atomic mass is 9.91. The van der Waals surface area contributed by atoms with Gasteiger partial charge in [0.1, 0.15) is 5.52 Å². The molecule has 0 unspecified atom stereocenters. The average molecular weight is 701 g/mol. The first-order chi connectivity index (χ1) is 27.3. The molecule has 4 heteroatoms. The summed E-state index contributed by atoms with van der Waals surface area (Å²) >= 11 is 0. The molecule has 0 radical (unpaired) electrons. The largest absolute Gasteiger partial charge is 0.294 e. The van der Waals surface area contributed by atoms with Gasteiger partial charge in [-0.15, -0.1) is 0 Å². The van der Waals surface area contributed by atoms with E-state index in [0.717, 1.165) is 55.8 Å². The Labute approximate surface area is 316 Å². The lowest BCUT2D eigenvalue weighted by molar-refractivity contribution is 1.08. The third-order valence-corrected chi connectivity index (χ3v) is 11.4. The summed E-state index contributed by atoms with van der Waals surface area (Å²) < 4.78 is 6.99. The fourth-order valence-electron chi connectivity index (χ4n) is 8.98. The first kappa shape index (κ1) is 30.1. The summed E-state index contributed by atoms with van der Waals surface area (Å²) in [7, 11) is 0. The summed E-state index contributed by atoms with van der Waals surface area (Å²) in [5.74, 6) is 0.892. The number of hydrogen-bond donors (Lipinski definition) is 0. The van der Waals surface area contributed by atoms with Crippen LogP contribution in [-0.2, 0) is 0 Å². The first-order valence-corrected chi connectivity index (χ1v) is 18.8. The van der Waals surface area contributed by atoms with E-state index in [0.29, 0.717) is 0 Å². The summed E-state index contributed by atoms with van der Waals surface area (Å²) in [6.45, 7) is 0. The van der Waals surface area contributed by atoms with E-state index < -0.39 is 0 Å². The van der Waals surface area contributed by atoms with Crippen molar-refractivity contribution < 1.29 is 0 Å². The summed E-state index contributed by atoms with van der Waals surface area (Å²) in [6.07, 6.45) is 0. The number of fused-ring (bicyclic) bond motifs is 13. The molecule has 256 valence electrons. The normalized spacial score (nSPS) is 12.0. The number of hydrogen-bond acceptors (Lipinski definition) is 1. The molecule has 4 nitrogen and oxygen atoms in total. The highest BCUT2D eigenvalue weighted by Gasteiger charge is 2.23. The second kappa shape index (κ2) is 11.5. The summed E-state index contributed by atoms with van der Waals surface area (Å²) in [4.78, 5) is 5.43. The van der Waals surface area contributed by atoms with Gasteiger partial charge in [-0.05, 0) is 109 Å². The fourth-order valence-corrected chi connectivity index (χ4v) is 8.98. The maximum atomic E-state index is 5.43.